The van der Waals surface area contributed by atoms with Crippen LogP contribution >= 0.6 is 0 Å². The van der Waals surface area contributed by atoms with E-state index in [1.807, 2.05) is 13.0 Å². The summed E-state index contributed by atoms with van der Waals surface area (Å²) in [4.78, 5) is 10.4. The number of rotatable bonds is 3. The molecular formula is C8H10O2. The Morgan fingerprint density at radius 3 is 3.00 bits per heavy atom. The third-order valence-electron chi connectivity index (χ3n) is 1.51. The number of aldehydes is 1. The zero-order valence-electron chi connectivity index (χ0n) is 5.91. The second kappa shape index (κ2) is 3.20. The molecule has 0 saturated carbocycles. The van der Waals surface area contributed by atoms with E-state index in [-0.39, 0.29) is 5.92 Å². The molecule has 0 N–H and O–H groups in total. The molecule has 10 heavy (non-hydrogen) atoms. The zero-order valence-corrected chi connectivity index (χ0v) is 5.91. The maximum Gasteiger partial charge on any atom is 0.130 e. The van der Waals surface area contributed by atoms with Crippen LogP contribution in [-0.2, 0) is 4.79 Å². The predicted molar refractivity (Wildman–Crippen MR) is 37.8 cm³/mol. The highest BCUT2D eigenvalue weighted by atomic mass is 16.3. The van der Waals surface area contributed by atoms with Crippen molar-refractivity contribution in [2.24, 2.45) is 0 Å². The molecular weight excluding hydrogens is 128 g/mol. The Morgan fingerprint density at radius 2 is 2.60 bits per heavy atom. The summed E-state index contributed by atoms with van der Waals surface area (Å²) in [6.07, 6.45) is 3.30. The lowest BCUT2D eigenvalue weighted by molar-refractivity contribution is -0.109. The molecule has 0 spiro atoms. The molecule has 1 aromatic heterocycles. The first-order valence-corrected chi connectivity index (χ1v) is 3.37. The van der Waals surface area contributed by atoms with E-state index in [1.54, 1.807) is 12.3 Å². The van der Waals surface area contributed by atoms with Crippen LogP contribution < -0.4 is 0 Å². The smallest absolute Gasteiger partial charge is 0.130 e. The maximum absolute atomic E-state index is 10.4. The SMILES string of the molecule is CCC(C=O)c1ccco1. The average Bonchev–Trinajstić information content (AvgIpc) is 2.43. The lowest BCUT2D eigenvalue weighted by atomic mass is 10.1. The van der Waals surface area contributed by atoms with Crippen molar-refractivity contribution in [2.45, 2.75) is 19.3 Å². The van der Waals surface area contributed by atoms with Crippen LogP contribution in [0.25, 0.3) is 0 Å². The van der Waals surface area contributed by atoms with Crippen LogP contribution in [0, 0.1) is 0 Å². The van der Waals surface area contributed by atoms with Crippen molar-refractivity contribution in [3.8, 4) is 0 Å². The topological polar surface area (TPSA) is 30.2 Å². The second-order valence-corrected chi connectivity index (χ2v) is 2.17. The number of carbonyl (C=O) groups is 1. The van der Waals surface area contributed by atoms with Crippen molar-refractivity contribution in [1.82, 2.24) is 0 Å². The highest BCUT2D eigenvalue weighted by Crippen LogP contribution is 2.16. The molecule has 0 saturated heterocycles. The van der Waals surface area contributed by atoms with Gasteiger partial charge >= 0.3 is 0 Å². The van der Waals surface area contributed by atoms with Crippen molar-refractivity contribution >= 4 is 6.29 Å². The van der Waals surface area contributed by atoms with Gasteiger partial charge in [-0.3, -0.25) is 0 Å². The molecule has 0 aliphatic heterocycles. The van der Waals surface area contributed by atoms with Gasteiger partial charge in [-0.25, -0.2) is 0 Å². The Labute approximate surface area is 59.8 Å². The first-order chi connectivity index (χ1) is 4.88. The first kappa shape index (κ1) is 7.06. The minimum Gasteiger partial charge on any atom is -0.469 e. The maximum atomic E-state index is 10.4. The zero-order chi connectivity index (χ0) is 7.40. The molecule has 54 valence electrons. The fourth-order valence-corrected chi connectivity index (χ4v) is 0.867. The highest BCUT2D eigenvalue weighted by Gasteiger charge is 2.08. The van der Waals surface area contributed by atoms with Crippen LogP contribution in [0.1, 0.15) is 25.0 Å². The summed E-state index contributed by atoms with van der Waals surface area (Å²) in [6.45, 7) is 1.96. The summed E-state index contributed by atoms with van der Waals surface area (Å²) in [6, 6.07) is 3.62. The van der Waals surface area contributed by atoms with Crippen LogP contribution in [0.2, 0.25) is 0 Å². The summed E-state index contributed by atoms with van der Waals surface area (Å²) in [5, 5.41) is 0. The molecule has 0 amide bonds. The second-order valence-electron chi connectivity index (χ2n) is 2.17. The van der Waals surface area contributed by atoms with Crippen molar-refractivity contribution in [3.63, 3.8) is 0 Å². The fourth-order valence-electron chi connectivity index (χ4n) is 0.867. The third kappa shape index (κ3) is 1.26. The van der Waals surface area contributed by atoms with E-state index in [9.17, 15) is 4.79 Å². The average molecular weight is 138 g/mol. The van der Waals surface area contributed by atoms with E-state index in [0.29, 0.717) is 0 Å². The van der Waals surface area contributed by atoms with Crippen LogP contribution in [-0.4, -0.2) is 6.29 Å². The van der Waals surface area contributed by atoms with Gasteiger partial charge in [-0.1, -0.05) is 6.92 Å². The molecule has 0 aromatic carbocycles. The quantitative estimate of drug-likeness (QED) is 0.598. The monoisotopic (exact) mass is 138 g/mol. The minimum atomic E-state index is -0.0602. The molecule has 2 heteroatoms. The van der Waals surface area contributed by atoms with Crippen LogP contribution in [0.3, 0.4) is 0 Å². The summed E-state index contributed by atoms with van der Waals surface area (Å²) in [7, 11) is 0. The van der Waals surface area contributed by atoms with E-state index in [2.05, 4.69) is 0 Å². The van der Waals surface area contributed by atoms with Gasteiger partial charge in [0, 0.05) is 0 Å². The van der Waals surface area contributed by atoms with Gasteiger partial charge in [0.1, 0.15) is 12.0 Å². The Hall–Kier alpha value is -1.05. The highest BCUT2D eigenvalue weighted by molar-refractivity contribution is 5.60. The molecule has 0 fully saturated rings. The summed E-state index contributed by atoms with van der Waals surface area (Å²) >= 11 is 0. The molecule has 2 nitrogen and oxygen atoms in total. The van der Waals surface area contributed by atoms with Gasteiger partial charge in [0.05, 0.1) is 12.2 Å². The Morgan fingerprint density at radius 1 is 1.80 bits per heavy atom. The van der Waals surface area contributed by atoms with E-state index in [0.717, 1.165) is 18.5 Å². The minimum absolute atomic E-state index is 0.0602. The molecule has 1 aromatic rings. The number of carbonyl (C=O) groups excluding carboxylic acids is 1. The fraction of sp³-hybridized carbons (Fsp3) is 0.375. The Bertz CT molecular complexity index is 189. The van der Waals surface area contributed by atoms with Gasteiger partial charge in [-0.05, 0) is 18.6 Å². The first-order valence-electron chi connectivity index (χ1n) is 3.37. The predicted octanol–water partition coefficient (Wildman–Crippen LogP) is 1.97. The number of furan rings is 1. The lowest BCUT2D eigenvalue weighted by Gasteiger charge is -2.00. The van der Waals surface area contributed by atoms with Gasteiger partial charge in [-0.2, -0.15) is 0 Å². The molecule has 0 bridgehead atoms. The normalized spacial score (nSPS) is 12.9. The van der Waals surface area contributed by atoms with Crippen molar-refractivity contribution < 1.29 is 9.21 Å². The molecule has 0 radical (unpaired) electrons. The Balaban J connectivity index is 2.73. The van der Waals surface area contributed by atoms with Crippen LogP contribution in [0.5, 0.6) is 0 Å². The van der Waals surface area contributed by atoms with E-state index < -0.39 is 0 Å². The standard InChI is InChI=1S/C8H10O2/c1-2-7(6-9)8-4-3-5-10-8/h3-7H,2H2,1H3. The van der Waals surface area contributed by atoms with Gasteiger partial charge in [-0.15, -0.1) is 0 Å². The van der Waals surface area contributed by atoms with Crippen molar-refractivity contribution in [2.75, 3.05) is 0 Å². The van der Waals surface area contributed by atoms with E-state index in [4.69, 9.17) is 4.42 Å². The third-order valence-corrected chi connectivity index (χ3v) is 1.51. The number of hydrogen-bond donors (Lipinski definition) is 0. The van der Waals surface area contributed by atoms with E-state index in [1.165, 1.54) is 0 Å². The van der Waals surface area contributed by atoms with Gasteiger partial charge in [0.15, 0.2) is 0 Å². The molecule has 1 unspecified atom stereocenters. The summed E-state index contributed by atoms with van der Waals surface area (Å²) < 4.78 is 5.05. The van der Waals surface area contributed by atoms with Crippen molar-refractivity contribution in [3.05, 3.63) is 24.2 Å². The molecule has 1 rings (SSSR count). The summed E-state index contributed by atoms with van der Waals surface area (Å²) in [5.41, 5.74) is 0. The molecule has 1 atom stereocenters. The van der Waals surface area contributed by atoms with E-state index >= 15 is 0 Å². The Kier molecular flexibility index (Phi) is 2.26. The van der Waals surface area contributed by atoms with Crippen molar-refractivity contribution in [1.29, 1.82) is 0 Å². The molecule has 0 aliphatic carbocycles. The van der Waals surface area contributed by atoms with Gasteiger partial charge < -0.3 is 9.21 Å². The molecule has 1 heterocycles. The molecule has 0 aliphatic rings. The number of hydrogen-bond acceptors (Lipinski definition) is 2. The van der Waals surface area contributed by atoms with Crippen LogP contribution in [0.15, 0.2) is 22.8 Å². The largest absolute Gasteiger partial charge is 0.469 e. The van der Waals surface area contributed by atoms with Gasteiger partial charge in [0.25, 0.3) is 0 Å². The van der Waals surface area contributed by atoms with Crippen LogP contribution in [0.4, 0.5) is 0 Å². The summed E-state index contributed by atoms with van der Waals surface area (Å²) in [5.74, 6) is 0.701. The lowest BCUT2D eigenvalue weighted by Crippen LogP contribution is -1.95. The van der Waals surface area contributed by atoms with Gasteiger partial charge in [0.2, 0.25) is 0 Å².